The lowest BCUT2D eigenvalue weighted by molar-refractivity contribution is 0.0935. The highest BCUT2D eigenvalue weighted by molar-refractivity contribution is 7.92. The SMILES string of the molecule is CC[C@H](NC(=O)c1cccc(S(=O)(=O)Nc2ccccc2F)c1)c1ccccc1C. The number of para-hydroxylation sites is 1. The number of aryl methyl sites for hydroxylation is 1. The van der Waals surface area contributed by atoms with Crippen molar-refractivity contribution in [1.82, 2.24) is 5.32 Å². The third-order valence-electron chi connectivity index (χ3n) is 4.80. The van der Waals surface area contributed by atoms with E-state index in [4.69, 9.17) is 0 Å². The van der Waals surface area contributed by atoms with E-state index >= 15 is 0 Å². The zero-order valence-electron chi connectivity index (χ0n) is 16.7. The molecule has 30 heavy (non-hydrogen) atoms. The van der Waals surface area contributed by atoms with Crippen LogP contribution in [0.1, 0.15) is 40.9 Å². The van der Waals surface area contributed by atoms with Gasteiger partial charge in [0.25, 0.3) is 15.9 Å². The van der Waals surface area contributed by atoms with Gasteiger partial charge in [-0.3, -0.25) is 9.52 Å². The summed E-state index contributed by atoms with van der Waals surface area (Å²) in [7, 11) is -4.05. The predicted octanol–water partition coefficient (Wildman–Crippen LogP) is 4.82. The molecule has 0 fully saturated rings. The van der Waals surface area contributed by atoms with Crippen molar-refractivity contribution >= 4 is 21.6 Å². The van der Waals surface area contributed by atoms with Crippen LogP contribution in [0.15, 0.2) is 77.7 Å². The fraction of sp³-hybridized carbons (Fsp3) is 0.174. The van der Waals surface area contributed by atoms with Gasteiger partial charge in [-0.2, -0.15) is 0 Å². The average molecular weight is 427 g/mol. The molecular weight excluding hydrogens is 403 g/mol. The average Bonchev–Trinajstić information content (AvgIpc) is 2.74. The summed E-state index contributed by atoms with van der Waals surface area (Å²) in [4.78, 5) is 12.7. The van der Waals surface area contributed by atoms with Crippen LogP contribution in [0.4, 0.5) is 10.1 Å². The van der Waals surface area contributed by atoms with E-state index in [1.807, 2.05) is 38.1 Å². The number of anilines is 1. The molecule has 1 atom stereocenters. The van der Waals surface area contributed by atoms with Gasteiger partial charge < -0.3 is 5.32 Å². The molecule has 3 aromatic rings. The number of benzene rings is 3. The monoisotopic (exact) mass is 426 g/mol. The Morgan fingerprint density at radius 3 is 2.40 bits per heavy atom. The number of hydrogen-bond acceptors (Lipinski definition) is 3. The van der Waals surface area contributed by atoms with Crippen molar-refractivity contribution in [3.8, 4) is 0 Å². The minimum absolute atomic E-state index is 0.123. The maximum absolute atomic E-state index is 13.8. The first kappa shape index (κ1) is 21.5. The number of carbonyl (C=O) groups excluding carboxylic acids is 1. The van der Waals surface area contributed by atoms with Crippen molar-refractivity contribution in [3.05, 3.63) is 95.3 Å². The largest absolute Gasteiger partial charge is 0.345 e. The minimum atomic E-state index is -4.05. The normalized spacial score (nSPS) is 12.2. The molecule has 3 aromatic carbocycles. The highest BCUT2D eigenvalue weighted by Gasteiger charge is 2.20. The first-order valence-electron chi connectivity index (χ1n) is 9.55. The van der Waals surface area contributed by atoms with Crippen molar-refractivity contribution in [3.63, 3.8) is 0 Å². The van der Waals surface area contributed by atoms with E-state index in [1.165, 1.54) is 36.4 Å². The van der Waals surface area contributed by atoms with Crippen molar-refractivity contribution in [2.24, 2.45) is 0 Å². The Hall–Kier alpha value is -3.19. The van der Waals surface area contributed by atoms with Crippen LogP contribution >= 0.6 is 0 Å². The lowest BCUT2D eigenvalue weighted by Gasteiger charge is -2.19. The lowest BCUT2D eigenvalue weighted by atomic mass is 9.99. The molecule has 156 valence electrons. The second kappa shape index (κ2) is 9.09. The summed E-state index contributed by atoms with van der Waals surface area (Å²) in [5.74, 6) is -1.06. The summed E-state index contributed by atoms with van der Waals surface area (Å²) < 4.78 is 41.4. The van der Waals surface area contributed by atoms with Crippen molar-refractivity contribution in [2.75, 3.05) is 4.72 Å². The first-order valence-corrected chi connectivity index (χ1v) is 11.0. The predicted molar refractivity (Wildman–Crippen MR) is 115 cm³/mol. The molecule has 7 heteroatoms. The van der Waals surface area contributed by atoms with Crippen LogP contribution in [-0.2, 0) is 10.0 Å². The van der Waals surface area contributed by atoms with E-state index in [0.717, 1.165) is 17.2 Å². The van der Waals surface area contributed by atoms with Crippen LogP contribution in [0.3, 0.4) is 0 Å². The Balaban J connectivity index is 1.83. The van der Waals surface area contributed by atoms with Crippen LogP contribution in [0.2, 0.25) is 0 Å². The molecule has 0 unspecified atom stereocenters. The minimum Gasteiger partial charge on any atom is -0.345 e. The van der Waals surface area contributed by atoms with Crippen molar-refractivity contribution in [1.29, 1.82) is 0 Å². The maximum atomic E-state index is 13.8. The van der Waals surface area contributed by atoms with E-state index in [-0.39, 0.29) is 28.1 Å². The highest BCUT2D eigenvalue weighted by Crippen LogP contribution is 2.22. The second-order valence-electron chi connectivity index (χ2n) is 6.90. The zero-order chi connectivity index (χ0) is 21.7. The molecule has 1 amide bonds. The fourth-order valence-electron chi connectivity index (χ4n) is 3.17. The van der Waals surface area contributed by atoms with Crippen LogP contribution < -0.4 is 10.0 Å². The van der Waals surface area contributed by atoms with Crippen LogP contribution in [0, 0.1) is 12.7 Å². The lowest BCUT2D eigenvalue weighted by Crippen LogP contribution is -2.28. The van der Waals surface area contributed by atoms with Gasteiger partial charge in [0.15, 0.2) is 0 Å². The zero-order valence-corrected chi connectivity index (χ0v) is 17.5. The van der Waals surface area contributed by atoms with Crippen LogP contribution in [0.5, 0.6) is 0 Å². The van der Waals surface area contributed by atoms with Gasteiger partial charge in [-0.05, 0) is 54.8 Å². The third kappa shape index (κ3) is 4.86. The van der Waals surface area contributed by atoms with E-state index in [0.29, 0.717) is 6.42 Å². The molecular formula is C23H23FN2O3S. The Kier molecular flexibility index (Phi) is 6.52. The number of hydrogen-bond donors (Lipinski definition) is 2. The van der Waals surface area contributed by atoms with E-state index < -0.39 is 15.8 Å². The van der Waals surface area contributed by atoms with Crippen LogP contribution in [0.25, 0.3) is 0 Å². The van der Waals surface area contributed by atoms with Gasteiger partial charge in [-0.25, -0.2) is 12.8 Å². The molecule has 0 aliphatic carbocycles. The van der Waals surface area contributed by atoms with Crippen LogP contribution in [-0.4, -0.2) is 14.3 Å². The van der Waals surface area contributed by atoms with Gasteiger partial charge in [-0.15, -0.1) is 0 Å². The summed E-state index contributed by atoms with van der Waals surface area (Å²) in [6.07, 6.45) is 0.684. The number of carbonyl (C=O) groups is 1. The van der Waals surface area contributed by atoms with Crippen molar-refractivity contribution < 1.29 is 17.6 Å². The molecule has 0 aromatic heterocycles. The molecule has 0 aliphatic rings. The third-order valence-corrected chi connectivity index (χ3v) is 6.17. The number of halogens is 1. The maximum Gasteiger partial charge on any atom is 0.262 e. The van der Waals surface area contributed by atoms with Gasteiger partial charge in [0.2, 0.25) is 0 Å². The molecule has 0 saturated heterocycles. The van der Waals surface area contributed by atoms with Gasteiger partial charge >= 0.3 is 0 Å². The Morgan fingerprint density at radius 1 is 1.00 bits per heavy atom. The number of sulfonamides is 1. The quantitative estimate of drug-likeness (QED) is 0.569. The number of amides is 1. The van der Waals surface area contributed by atoms with E-state index in [2.05, 4.69) is 10.0 Å². The van der Waals surface area contributed by atoms with E-state index in [9.17, 15) is 17.6 Å². The molecule has 0 bridgehead atoms. The fourth-order valence-corrected chi connectivity index (χ4v) is 4.28. The summed E-state index contributed by atoms with van der Waals surface area (Å²) in [5, 5.41) is 2.96. The molecule has 0 heterocycles. The first-order chi connectivity index (χ1) is 14.3. The molecule has 3 rings (SSSR count). The standard InChI is InChI=1S/C23H23FN2O3S/c1-3-21(19-12-5-4-9-16(19)2)25-23(27)17-10-8-11-18(15-17)30(28,29)26-22-14-7-6-13-20(22)24/h4-15,21,26H,3H2,1-2H3,(H,25,27)/t21-/m0/s1. The number of rotatable bonds is 7. The molecule has 0 saturated carbocycles. The molecule has 0 radical (unpaired) electrons. The van der Waals surface area contributed by atoms with Gasteiger partial charge in [0.05, 0.1) is 16.6 Å². The summed E-state index contributed by atoms with van der Waals surface area (Å²) in [6, 6.07) is 18.8. The molecule has 0 spiro atoms. The summed E-state index contributed by atoms with van der Waals surface area (Å²) >= 11 is 0. The van der Waals surface area contributed by atoms with Gasteiger partial charge in [0, 0.05) is 5.56 Å². The second-order valence-corrected chi connectivity index (χ2v) is 8.59. The molecule has 5 nitrogen and oxygen atoms in total. The highest BCUT2D eigenvalue weighted by atomic mass is 32.2. The molecule has 2 N–H and O–H groups in total. The van der Waals surface area contributed by atoms with Gasteiger partial charge in [-0.1, -0.05) is 49.4 Å². The number of nitrogens with one attached hydrogen (secondary N) is 2. The Morgan fingerprint density at radius 2 is 1.70 bits per heavy atom. The summed E-state index contributed by atoms with van der Waals surface area (Å²) in [5.41, 5.74) is 2.13. The topological polar surface area (TPSA) is 75.3 Å². The van der Waals surface area contributed by atoms with Crippen molar-refractivity contribution in [2.45, 2.75) is 31.2 Å². The smallest absolute Gasteiger partial charge is 0.262 e. The summed E-state index contributed by atoms with van der Waals surface area (Å²) in [6.45, 7) is 3.95. The van der Waals surface area contributed by atoms with Gasteiger partial charge in [0.1, 0.15) is 5.82 Å². The Labute approximate surface area is 176 Å². The Bertz CT molecular complexity index is 1160. The van der Waals surface area contributed by atoms with E-state index in [1.54, 1.807) is 6.07 Å². The molecule has 0 aliphatic heterocycles.